The van der Waals surface area contributed by atoms with E-state index in [2.05, 4.69) is 20.8 Å². The van der Waals surface area contributed by atoms with Crippen LogP contribution in [0, 0.1) is 11.3 Å². The molecule has 0 bridgehead atoms. The van der Waals surface area contributed by atoms with Crippen LogP contribution in [-0.2, 0) is 0 Å². The maximum Gasteiger partial charge on any atom is 0.0552 e. The van der Waals surface area contributed by atoms with Crippen molar-refractivity contribution in [2.75, 3.05) is 25.0 Å². The predicted octanol–water partition coefficient (Wildman–Crippen LogP) is 3.03. The van der Waals surface area contributed by atoms with Crippen LogP contribution in [0.2, 0.25) is 0 Å². The van der Waals surface area contributed by atoms with Gasteiger partial charge in [-0.1, -0.05) is 35.2 Å². The average molecular weight is 304 g/mol. The van der Waals surface area contributed by atoms with Crippen LogP contribution in [0.15, 0.2) is 0 Å². The lowest BCUT2D eigenvalue weighted by Gasteiger charge is -2.39. The highest BCUT2D eigenvalue weighted by Gasteiger charge is 2.35. The van der Waals surface area contributed by atoms with Crippen LogP contribution < -0.4 is 0 Å². The lowest BCUT2D eigenvalue weighted by molar-refractivity contribution is 0.110. The fraction of sp³-hybridized carbons (Fsp3) is 1.00. The first-order valence-electron chi connectivity index (χ1n) is 7.12. The quantitative estimate of drug-likeness (QED) is 0.807. The molecule has 0 aromatic carbocycles. The smallest absolute Gasteiger partial charge is 0.0552 e. The Labute approximate surface area is 114 Å². The molecule has 2 rings (SSSR count). The number of hydrogen-bond donors (Lipinski definition) is 1. The Morgan fingerprint density at radius 3 is 2.59 bits per heavy atom. The summed E-state index contributed by atoms with van der Waals surface area (Å²) in [6, 6.07) is 0. The molecule has 0 aromatic rings. The van der Waals surface area contributed by atoms with E-state index in [1.807, 2.05) is 6.92 Å². The van der Waals surface area contributed by atoms with E-state index in [0.29, 0.717) is 11.3 Å². The van der Waals surface area contributed by atoms with Crippen molar-refractivity contribution in [2.24, 2.45) is 11.3 Å². The highest BCUT2D eigenvalue weighted by atomic mass is 79.9. The van der Waals surface area contributed by atoms with Gasteiger partial charge in [-0.15, -0.1) is 0 Å². The van der Waals surface area contributed by atoms with Gasteiger partial charge in [0.15, 0.2) is 0 Å². The van der Waals surface area contributed by atoms with Crippen LogP contribution >= 0.6 is 15.9 Å². The summed E-state index contributed by atoms with van der Waals surface area (Å²) < 4.78 is 0. The maximum absolute atomic E-state index is 9.66. The van der Waals surface area contributed by atoms with Gasteiger partial charge in [0.25, 0.3) is 0 Å². The monoisotopic (exact) mass is 303 g/mol. The lowest BCUT2D eigenvalue weighted by Crippen LogP contribution is -2.39. The van der Waals surface area contributed by atoms with Crippen LogP contribution in [0.1, 0.15) is 45.4 Å². The summed E-state index contributed by atoms with van der Waals surface area (Å²) in [7, 11) is 0. The maximum atomic E-state index is 9.66. The van der Waals surface area contributed by atoms with Gasteiger partial charge < -0.3 is 10.0 Å². The molecule has 0 aromatic heterocycles. The second-order valence-electron chi connectivity index (χ2n) is 6.22. The van der Waals surface area contributed by atoms with Crippen molar-refractivity contribution in [3.8, 4) is 0 Å². The first-order valence-corrected chi connectivity index (χ1v) is 8.24. The minimum atomic E-state index is -0.133. The number of alkyl halides is 1. The van der Waals surface area contributed by atoms with Crippen molar-refractivity contribution in [1.82, 2.24) is 4.90 Å². The molecular formula is C14H26BrNO. The molecule has 1 aliphatic heterocycles. The van der Waals surface area contributed by atoms with Crippen LogP contribution in [0.5, 0.6) is 0 Å². The molecule has 1 saturated carbocycles. The number of halogens is 1. The van der Waals surface area contributed by atoms with Crippen molar-refractivity contribution in [2.45, 2.75) is 51.6 Å². The molecule has 1 N–H and O–H groups in total. The summed E-state index contributed by atoms with van der Waals surface area (Å²) in [6.07, 6.45) is 8.04. The second kappa shape index (κ2) is 6.03. The van der Waals surface area contributed by atoms with E-state index in [9.17, 15) is 5.11 Å². The lowest BCUT2D eigenvalue weighted by atomic mass is 9.75. The van der Waals surface area contributed by atoms with Crippen LogP contribution in [0.4, 0.5) is 0 Å². The van der Waals surface area contributed by atoms with E-state index in [0.717, 1.165) is 11.9 Å². The standard InChI is InChI=1S/C14H26BrNO/c1-12(17)13-5-8-16(9-13)11-14(10-15)6-3-2-4-7-14/h12-13,17H,2-11H2,1H3. The fourth-order valence-corrected chi connectivity index (χ4v) is 4.25. The van der Waals surface area contributed by atoms with Gasteiger partial charge in [-0.25, -0.2) is 0 Å². The molecule has 100 valence electrons. The van der Waals surface area contributed by atoms with Gasteiger partial charge in [-0.05, 0) is 44.1 Å². The molecule has 17 heavy (non-hydrogen) atoms. The average Bonchev–Trinajstić information content (AvgIpc) is 2.79. The van der Waals surface area contributed by atoms with Crippen molar-refractivity contribution >= 4 is 15.9 Å². The highest BCUT2D eigenvalue weighted by Crippen LogP contribution is 2.39. The van der Waals surface area contributed by atoms with Crippen molar-refractivity contribution < 1.29 is 5.11 Å². The summed E-state index contributed by atoms with van der Waals surface area (Å²) in [5.41, 5.74) is 0.520. The second-order valence-corrected chi connectivity index (χ2v) is 6.78. The molecule has 0 radical (unpaired) electrons. The van der Waals surface area contributed by atoms with Gasteiger partial charge >= 0.3 is 0 Å². The Morgan fingerprint density at radius 2 is 2.06 bits per heavy atom. The summed E-state index contributed by atoms with van der Waals surface area (Å²) in [6.45, 7) is 5.47. The van der Waals surface area contributed by atoms with E-state index >= 15 is 0 Å². The minimum absolute atomic E-state index is 0.133. The van der Waals surface area contributed by atoms with Crippen molar-refractivity contribution in [3.05, 3.63) is 0 Å². The van der Waals surface area contributed by atoms with Gasteiger partial charge in [-0.2, -0.15) is 0 Å². The number of aliphatic hydroxyl groups is 1. The van der Waals surface area contributed by atoms with E-state index in [1.165, 1.54) is 51.6 Å². The van der Waals surface area contributed by atoms with Gasteiger partial charge in [0.05, 0.1) is 6.10 Å². The third-order valence-corrected chi connectivity index (χ3v) is 5.94. The molecule has 2 aliphatic rings. The summed E-state index contributed by atoms with van der Waals surface area (Å²) in [5, 5.41) is 10.8. The Hall–Kier alpha value is 0.400. The van der Waals surface area contributed by atoms with Gasteiger partial charge in [-0.3, -0.25) is 0 Å². The summed E-state index contributed by atoms with van der Waals surface area (Å²) in [5.74, 6) is 0.506. The number of aliphatic hydroxyl groups excluding tert-OH is 1. The topological polar surface area (TPSA) is 23.5 Å². The van der Waals surface area contributed by atoms with E-state index in [1.54, 1.807) is 0 Å². The van der Waals surface area contributed by atoms with Crippen molar-refractivity contribution in [3.63, 3.8) is 0 Å². The van der Waals surface area contributed by atoms with Gasteiger partial charge in [0, 0.05) is 18.4 Å². The Morgan fingerprint density at radius 1 is 1.35 bits per heavy atom. The van der Waals surface area contributed by atoms with Crippen LogP contribution in [0.25, 0.3) is 0 Å². The van der Waals surface area contributed by atoms with E-state index in [-0.39, 0.29) is 6.10 Å². The van der Waals surface area contributed by atoms with Crippen molar-refractivity contribution in [1.29, 1.82) is 0 Å². The molecule has 2 unspecified atom stereocenters. The zero-order chi connectivity index (χ0) is 12.3. The molecule has 2 fully saturated rings. The van der Waals surface area contributed by atoms with E-state index < -0.39 is 0 Å². The predicted molar refractivity (Wildman–Crippen MR) is 75.5 cm³/mol. The minimum Gasteiger partial charge on any atom is -0.393 e. The Bertz CT molecular complexity index is 238. The molecule has 3 heteroatoms. The SMILES string of the molecule is CC(O)C1CCN(CC2(CBr)CCCCC2)C1. The van der Waals surface area contributed by atoms with Crippen LogP contribution in [0.3, 0.4) is 0 Å². The molecule has 0 amide bonds. The number of likely N-dealkylation sites (tertiary alicyclic amines) is 1. The number of nitrogens with zero attached hydrogens (tertiary/aromatic N) is 1. The summed E-state index contributed by atoms with van der Waals surface area (Å²) >= 11 is 3.74. The fourth-order valence-electron chi connectivity index (χ4n) is 3.51. The summed E-state index contributed by atoms with van der Waals surface area (Å²) in [4.78, 5) is 2.59. The van der Waals surface area contributed by atoms with E-state index in [4.69, 9.17) is 0 Å². The molecule has 2 nitrogen and oxygen atoms in total. The molecule has 0 spiro atoms. The zero-order valence-corrected chi connectivity index (χ0v) is 12.6. The highest BCUT2D eigenvalue weighted by molar-refractivity contribution is 9.09. The molecule has 2 atom stereocenters. The number of rotatable bonds is 4. The third kappa shape index (κ3) is 3.45. The third-order valence-electron chi connectivity index (χ3n) is 4.75. The van der Waals surface area contributed by atoms with Gasteiger partial charge in [0.1, 0.15) is 0 Å². The van der Waals surface area contributed by atoms with Crippen LogP contribution in [-0.4, -0.2) is 41.1 Å². The molecular weight excluding hydrogens is 278 g/mol. The molecule has 1 heterocycles. The zero-order valence-electron chi connectivity index (χ0n) is 11.0. The Balaban J connectivity index is 1.87. The number of hydrogen-bond acceptors (Lipinski definition) is 2. The largest absolute Gasteiger partial charge is 0.393 e. The molecule has 1 aliphatic carbocycles. The normalized spacial score (nSPS) is 31.6. The van der Waals surface area contributed by atoms with Gasteiger partial charge in [0.2, 0.25) is 0 Å². The molecule has 1 saturated heterocycles. The first-order chi connectivity index (χ1) is 8.15. The Kier molecular flexibility index (Phi) is 4.90. The first kappa shape index (κ1) is 13.8.